The molecule has 0 unspecified atom stereocenters. The van der Waals surface area contributed by atoms with Crippen molar-refractivity contribution in [2.24, 2.45) is 0 Å². The normalized spacial score (nSPS) is 10.3. The molecule has 0 radical (unpaired) electrons. The Kier molecular flexibility index (Phi) is 7.76. The predicted octanol–water partition coefficient (Wildman–Crippen LogP) is 5.72. The molecule has 3 aromatic rings. The van der Waals surface area contributed by atoms with Gasteiger partial charge in [0.25, 0.3) is 5.91 Å². The van der Waals surface area contributed by atoms with E-state index in [1.54, 1.807) is 42.5 Å². The number of amides is 2. The summed E-state index contributed by atoms with van der Waals surface area (Å²) in [5.74, 6) is 0.658. The third-order valence-electron chi connectivity index (χ3n) is 4.00. The summed E-state index contributed by atoms with van der Waals surface area (Å²) in [5.41, 5.74) is 1.85. The number of carbonyl (C=O) groups excluding carboxylic acids is 2. The lowest BCUT2D eigenvalue weighted by Gasteiger charge is -2.09. The van der Waals surface area contributed by atoms with Crippen molar-refractivity contribution in [3.05, 3.63) is 83.4 Å². The van der Waals surface area contributed by atoms with E-state index in [0.29, 0.717) is 28.6 Å². The first kappa shape index (κ1) is 21.7. The van der Waals surface area contributed by atoms with E-state index in [-0.39, 0.29) is 17.6 Å². The summed E-state index contributed by atoms with van der Waals surface area (Å²) in [5, 5.41) is 6.21. The third kappa shape index (κ3) is 6.54. The molecule has 7 heteroatoms. The molecule has 3 rings (SSSR count). The van der Waals surface area contributed by atoms with Gasteiger partial charge < -0.3 is 15.4 Å². The van der Waals surface area contributed by atoms with Gasteiger partial charge in [0.1, 0.15) is 5.75 Å². The molecule has 0 bridgehead atoms. The van der Waals surface area contributed by atoms with Gasteiger partial charge in [0.05, 0.1) is 12.4 Å². The average Bonchev–Trinajstić information content (AvgIpc) is 2.74. The Bertz CT molecular complexity index is 1020. The van der Waals surface area contributed by atoms with Crippen LogP contribution in [-0.2, 0) is 4.79 Å². The van der Waals surface area contributed by atoms with Crippen LogP contribution >= 0.6 is 23.4 Å². The molecule has 0 saturated heterocycles. The standard InChI is InChI=1S/C23H21ClN2O3S/c1-2-29-20-11-9-18(10-12-20)25-22(27)15-30-21-8-4-7-19(14-21)26-23(28)16-5-3-6-17(24)13-16/h3-14H,2,15H2,1H3,(H,25,27)(H,26,28). The smallest absolute Gasteiger partial charge is 0.255 e. The molecule has 0 aliphatic heterocycles. The highest BCUT2D eigenvalue weighted by molar-refractivity contribution is 8.00. The lowest BCUT2D eigenvalue weighted by molar-refractivity contribution is -0.113. The number of nitrogens with one attached hydrogen (secondary N) is 2. The van der Waals surface area contributed by atoms with Crippen LogP contribution in [0.25, 0.3) is 0 Å². The van der Waals surface area contributed by atoms with E-state index >= 15 is 0 Å². The minimum atomic E-state index is -0.243. The summed E-state index contributed by atoms with van der Waals surface area (Å²) in [6.07, 6.45) is 0. The highest BCUT2D eigenvalue weighted by Crippen LogP contribution is 2.23. The molecule has 30 heavy (non-hydrogen) atoms. The average molecular weight is 441 g/mol. The zero-order chi connectivity index (χ0) is 21.3. The molecule has 0 spiro atoms. The molecule has 0 saturated carbocycles. The number of ether oxygens (including phenoxy) is 1. The van der Waals surface area contributed by atoms with Crippen molar-refractivity contribution in [3.8, 4) is 5.75 Å². The van der Waals surface area contributed by atoms with Crippen LogP contribution in [0, 0.1) is 0 Å². The molecule has 3 aromatic carbocycles. The van der Waals surface area contributed by atoms with Crippen molar-refractivity contribution < 1.29 is 14.3 Å². The summed E-state index contributed by atoms with van der Waals surface area (Å²) < 4.78 is 5.39. The van der Waals surface area contributed by atoms with Gasteiger partial charge in [-0.1, -0.05) is 23.7 Å². The molecular formula is C23H21ClN2O3S. The Labute approximate surface area is 184 Å². The van der Waals surface area contributed by atoms with Gasteiger partial charge in [0.15, 0.2) is 0 Å². The predicted molar refractivity (Wildman–Crippen MR) is 123 cm³/mol. The summed E-state index contributed by atoms with van der Waals surface area (Å²) in [6.45, 7) is 2.52. The van der Waals surface area contributed by atoms with Crippen LogP contribution in [0.2, 0.25) is 5.02 Å². The second-order valence-corrected chi connectivity index (χ2v) is 7.77. The maximum absolute atomic E-state index is 12.4. The fraction of sp³-hybridized carbons (Fsp3) is 0.130. The van der Waals surface area contributed by atoms with E-state index < -0.39 is 0 Å². The minimum absolute atomic E-state index is 0.113. The SMILES string of the molecule is CCOc1ccc(NC(=O)CSc2cccc(NC(=O)c3cccc(Cl)c3)c2)cc1. The lowest BCUT2D eigenvalue weighted by Crippen LogP contribution is -2.14. The Balaban J connectivity index is 1.53. The summed E-state index contributed by atoms with van der Waals surface area (Å²) in [4.78, 5) is 25.5. The van der Waals surface area contributed by atoms with Crippen LogP contribution in [0.5, 0.6) is 5.75 Å². The minimum Gasteiger partial charge on any atom is -0.494 e. The van der Waals surface area contributed by atoms with Crippen molar-refractivity contribution in [1.82, 2.24) is 0 Å². The van der Waals surface area contributed by atoms with E-state index in [2.05, 4.69) is 10.6 Å². The molecule has 5 nitrogen and oxygen atoms in total. The van der Waals surface area contributed by atoms with Gasteiger partial charge in [-0.15, -0.1) is 11.8 Å². The Morgan fingerprint density at radius 2 is 1.70 bits per heavy atom. The van der Waals surface area contributed by atoms with Crippen molar-refractivity contribution in [3.63, 3.8) is 0 Å². The fourth-order valence-corrected chi connectivity index (χ4v) is 3.59. The maximum atomic E-state index is 12.4. The van der Waals surface area contributed by atoms with E-state index in [9.17, 15) is 9.59 Å². The highest BCUT2D eigenvalue weighted by atomic mass is 35.5. The number of rotatable bonds is 8. The maximum Gasteiger partial charge on any atom is 0.255 e. The number of thioether (sulfide) groups is 1. The van der Waals surface area contributed by atoms with Gasteiger partial charge in [-0.05, 0) is 67.6 Å². The first-order valence-electron chi connectivity index (χ1n) is 9.36. The second kappa shape index (κ2) is 10.7. The van der Waals surface area contributed by atoms with Gasteiger partial charge in [0.2, 0.25) is 5.91 Å². The van der Waals surface area contributed by atoms with Crippen LogP contribution < -0.4 is 15.4 Å². The zero-order valence-electron chi connectivity index (χ0n) is 16.4. The van der Waals surface area contributed by atoms with Crippen LogP contribution in [-0.4, -0.2) is 24.2 Å². The molecule has 0 aromatic heterocycles. The van der Waals surface area contributed by atoms with Crippen molar-refractivity contribution in [2.45, 2.75) is 11.8 Å². The van der Waals surface area contributed by atoms with Gasteiger partial charge >= 0.3 is 0 Å². The summed E-state index contributed by atoms with van der Waals surface area (Å²) in [7, 11) is 0. The fourth-order valence-electron chi connectivity index (χ4n) is 2.64. The molecule has 0 heterocycles. The number of benzene rings is 3. The van der Waals surface area contributed by atoms with Crippen molar-refractivity contribution >= 4 is 46.6 Å². The number of halogens is 1. The highest BCUT2D eigenvalue weighted by Gasteiger charge is 2.08. The van der Waals surface area contributed by atoms with Crippen molar-refractivity contribution in [2.75, 3.05) is 23.0 Å². The van der Waals surface area contributed by atoms with Crippen LogP contribution in [0.3, 0.4) is 0 Å². The Morgan fingerprint density at radius 1 is 0.933 bits per heavy atom. The number of hydrogen-bond donors (Lipinski definition) is 2. The molecule has 0 atom stereocenters. The monoisotopic (exact) mass is 440 g/mol. The Hall–Kier alpha value is -2.96. The van der Waals surface area contributed by atoms with Gasteiger partial charge in [-0.2, -0.15) is 0 Å². The first-order chi connectivity index (χ1) is 14.5. The molecule has 0 aliphatic rings. The topological polar surface area (TPSA) is 67.4 Å². The molecule has 2 N–H and O–H groups in total. The molecule has 2 amide bonds. The second-order valence-electron chi connectivity index (χ2n) is 6.29. The number of anilines is 2. The van der Waals surface area contributed by atoms with E-state index in [4.69, 9.17) is 16.3 Å². The van der Waals surface area contributed by atoms with Gasteiger partial charge in [-0.25, -0.2) is 0 Å². The van der Waals surface area contributed by atoms with Crippen LogP contribution in [0.15, 0.2) is 77.7 Å². The number of carbonyl (C=O) groups is 2. The third-order valence-corrected chi connectivity index (χ3v) is 5.23. The first-order valence-corrected chi connectivity index (χ1v) is 10.7. The van der Waals surface area contributed by atoms with E-state index in [1.807, 2.05) is 37.3 Å². The van der Waals surface area contributed by atoms with Gasteiger partial charge in [-0.3, -0.25) is 9.59 Å². The van der Waals surface area contributed by atoms with E-state index in [0.717, 1.165) is 10.6 Å². The zero-order valence-corrected chi connectivity index (χ0v) is 17.9. The molecule has 0 fully saturated rings. The van der Waals surface area contributed by atoms with Crippen LogP contribution in [0.4, 0.5) is 11.4 Å². The lowest BCUT2D eigenvalue weighted by atomic mass is 10.2. The van der Waals surface area contributed by atoms with Crippen LogP contribution in [0.1, 0.15) is 17.3 Å². The summed E-state index contributed by atoms with van der Waals surface area (Å²) in [6, 6.07) is 21.4. The quantitative estimate of drug-likeness (QED) is 0.439. The van der Waals surface area contributed by atoms with Gasteiger partial charge in [0, 0.05) is 26.9 Å². The molecular weight excluding hydrogens is 420 g/mol. The molecule has 0 aliphatic carbocycles. The number of hydrogen-bond acceptors (Lipinski definition) is 4. The Morgan fingerprint density at radius 3 is 2.43 bits per heavy atom. The largest absolute Gasteiger partial charge is 0.494 e. The molecule has 154 valence electrons. The van der Waals surface area contributed by atoms with E-state index in [1.165, 1.54) is 11.8 Å². The summed E-state index contributed by atoms with van der Waals surface area (Å²) >= 11 is 7.33. The van der Waals surface area contributed by atoms with Crippen molar-refractivity contribution in [1.29, 1.82) is 0 Å².